The number of carbonyl (C=O) groups excluding carboxylic acids is 1. The van der Waals surface area contributed by atoms with Crippen LogP contribution in [0.15, 0.2) is 6.20 Å². The van der Waals surface area contributed by atoms with Crippen LogP contribution in [0.1, 0.15) is 23.0 Å². The van der Waals surface area contributed by atoms with Gasteiger partial charge in [-0.15, -0.1) is 0 Å². The first kappa shape index (κ1) is 12.7. The predicted molar refractivity (Wildman–Crippen MR) is 58.0 cm³/mol. The van der Waals surface area contributed by atoms with Crippen LogP contribution in [0.5, 0.6) is 0 Å². The second-order valence-electron chi connectivity index (χ2n) is 3.98. The van der Waals surface area contributed by atoms with Gasteiger partial charge in [0.05, 0.1) is 13.7 Å². The molecule has 90 valence electrons. The minimum Gasteiger partial charge on any atom is -0.464 e. The normalized spacial score (nSPS) is 14.6. The molecule has 0 saturated carbocycles. The third-order valence-electron chi connectivity index (χ3n) is 2.66. The molecule has 0 amide bonds. The second kappa shape index (κ2) is 4.63. The van der Waals surface area contributed by atoms with Crippen molar-refractivity contribution in [1.29, 1.82) is 0 Å². The van der Waals surface area contributed by atoms with Crippen molar-refractivity contribution in [2.45, 2.75) is 12.3 Å². The van der Waals surface area contributed by atoms with Crippen molar-refractivity contribution in [3.05, 3.63) is 17.5 Å². The zero-order valence-electron chi connectivity index (χ0n) is 9.73. The maximum Gasteiger partial charge on any atom is 0.358 e. The van der Waals surface area contributed by atoms with Crippen molar-refractivity contribution in [2.75, 3.05) is 20.3 Å². The molecule has 6 heteroatoms. The highest BCUT2D eigenvalue weighted by atomic mass is 16.5. The smallest absolute Gasteiger partial charge is 0.358 e. The SMILES string of the molecule is COC(=O)c1nn(C)cc1C(C)(CN)CO. The molecule has 0 bridgehead atoms. The Morgan fingerprint density at radius 1 is 1.75 bits per heavy atom. The van der Waals surface area contributed by atoms with Crippen molar-refractivity contribution in [3.63, 3.8) is 0 Å². The summed E-state index contributed by atoms with van der Waals surface area (Å²) in [5.74, 6) is -0.524. The number of rotatable bonds is 4. The number of carbonyl (C=O) groups is 1. The minimum absolute atomic E-state index is 0.154. The van der Waals surface area contributed by atoms with E-state index < -0.39 is 11.4 Å². The number of hydrogen-bond acceptors (Lipinski definition) is 5. The van der Waals surface area contributed by atoms with Gasteiger partial charge in [-0.25, -0.2) is 4.79 Å². The largest absolute Gasteiger partial charge is 0.464 e. The lowest BCUT2D eigenvalue weighted by molar-refractivity contribution is 0.0589. The third kappa shape index (κ3) is 2.07. The summed E-state index contributed by atoms with van der Waals surface area (Å²) in [6.45, 7) is 1.84. The second-order valence-corrected chi connectivity index (χ2v) is 3.98. The number of nitrogens with two attached hydrogens (primary N) is 1. The van der Waals surface area contributed by atoms with Crippen LogP contribution in [0.25, 0.3) is 0 Å². The summed E-state index contributed by atoms with van der Waals surface area (Å²) < 4.78 is 6.14. The quantitative estimate of drug-likeness (QED) is 0.671. The highest BCUT2D eigenvalue weighted by Crippen LogP contribution is 2.25. The van der Waals surface area contributed by atoms with Gasteiger partial charge in [0.2, 0.25) is 0 Å². The zero-order chi connectivity index (χ0) is 12.3. The zero-order valence-corrected chi connectivity index (χ0v) is 9.73. The van der Waals surface area contributed by atoms with E-state index >= 15 is 0 Å². The minimum atomic E-state index is -0.683. The Labute approximate surface area is 94.0 Å². The number of ether oxygens (including phenoxy) is 1. The van der Waals surface area contributed by atoms with Crippen LogP contribution >= 0.6 is 0 Å². The van der Waals surface area contributed by atoms with E-state index in [9.17, 15) is 9.90 Å². The predicted octanol–water partition coefficient (Wildman–Crippen LogP) is -0.585. The Hall–Kier alpha value is -1.40. The lowest BCUT2D eigenvalue weighted by atomic mass is 9.83. The van der Waals surface area contributed by atoms with Gasteiger partial charge in [-0.3, -0.25) is 4.68 Å². The van der Waals surface area contributed by atoms with Gasteiger partial charge in [0.15, 0.2) is 5.69 Å². The third-order valence-corrected chi connectivity index (χ3v) is 2.66. The maximum atomic E-state index is 11.5. The molecule has 6 nitrogen and oxygen atoms in total. The molecule has 3 N–H and O–H groups in total. The van der Waals surface area contributed by atoms with Gasteiger partial charge in [-0.2, -0.15) is 5.10 Å². The average Bonchev–Trinajstić information content (AvgIpc) is 2.69. The van der Waals surface area contributed by atoms with Crippen molar-refractivity contribution < 1.29 is 14.6 Å². The van der Waals surface area contributed by atoms with Crippen LogP contribution in [0.3, 0.4) is 0 Å². The molecular formula is C10H17N3O3. The number of aromatic nitrogens is 2. The van der Waals surface area contributed by atoms with Crippen LogP contribution < -0.4 is 5.73 Å². The molecule has 0 saturated heterocycles. The summed E-state index contributed by atoms with van der Waals surface area (Å²) in [6.07, 6.45) is 1.68. The van der Waals surface area contributed by atoms with E-state index in [0.717, 1.165) is 0 Å². The number of aliphatic hydroxyl groups is 1. The van der Waals surface area contributed by atoms with E-state index in [0.29, 0.717) is 5.56 Å². The van der Waals surface area contributed by atoms with Gasteiger partial charge in [-0.05, 0) is 0 Å². The summed E-state index contributed by atoms with van der Waals surface area (Å²) in [6, 6.07) is 0. The monoisotopic (exact) mass is 227 g/mol. The van der Waals surface area contributed by atoms with Crippen LogP contribution in [0, 0.1) is 0 Å². The summed E-state index contributed by atoms with van der Waals surface area (Å²) in [5.41, 5.74) is 5.74. The van der Waals surface area contributed by atoms with Gasteiger partial charge in [0.25, 0.3) is 0 Å². The first-order chi connectivity index (χ1) is 7.48. The van der Waals surface area contributed by atoms with Gasteiger partial charge < -0.3 is 15.6 Å². The Morgan fingerprint density at radius 2 is 2.38 bits per heavy atom. The molecule has 0 aromatic carbocycles. The van der Waals surface area contributed by atoms with Crippen LogP contribution in [-0.2, 0) is 17.2 Å². The first-order valence-corrected chi connectivity index (χ1v) is 4.92. The van der Waals surface area contributed by atoms with E-state index in [-0.39, 0.29) is 18.8 Å². The van der Waals surface area contributed by atoms with E-state index in [1.165, 1.54) is 11.8 Å². The average molecular weight is 227 g/mol. The fourth-order valence-corrected chi connectivity index (χ4v) is 1.44. The summed E-state index contributed by atoms with van der Waals surface area (Å²) in [7, 11) is 2.99. The number of methoxy groups -OCH3 is 1. The van der Waals surface area contributed by atoms with Crippen LogP contribution in [0.4, 0.5) is 0 Å². The first-order valence-electron chi connectivity index (χ1n) is 4.92. The lowest BCUT2D eigenvalue weighted by Crippen LogP contribution is -2.36. The highest BCUT2D eigenvalue weighted by molar-refractivity contribution is 5.89. The van der Waals surface area contributed by atoms with E-state index in [2.05, 4.69) is 9.84 Å². The molecule has 0 spiro atoms. The fraction of sp³-hybridized carbons (Fsp3) is 0.600. The van der Waals surface area contributed by atoms with E-state index in [4.69, 9.17) is 5.73 Å². The Bertz CT molecular complexity index is 383. The van der Waals surface area contributed by atoms with Crippen molar-refractivity contribution in [3.8, 4) is 0 Å². The molecule has 1 aromatic heterocycles. The molecule has 0 aliphatic heterocycles. The summed E-state index contributed by atoms with van der Waals surface area (Å²) in [4.78, 5) is 11.5. The van der Waals surface area contributed by atoms with Crippen molar-refractivity contribution >= 4 is 5.97 Å². The Balaban J connectivity index is 3.27. The molecule has 0 fully saturated rings. The van der Waals surface area contributed by atoms with Crippen molar-refractivity contribution in [1.82, 2.24) is 9.78 Å². The Kier molecular flexibility index (Phi) is 3.66. The summed E-state index contributed by atoms with van der Waals surface area (Å²) >= 11 is 0. The number of aliphatic hydroxyl groups excluding tert-OH is 1. The van der Waals surface area contributed by atoms with Crippen LogP contribution in [0.2, 0.25) is 0 Å². The number of aryl methyl sites for hydroxylation is 1. The van der Waals surface area contributed by atoms with E-state index in [1.807, 2.05) is 0 Å². The van der Waals surface area contributed by atoms with Gasteiger partial charge in [0.1, 0.15) is 0 Å². The molecule has 1 unspecified atom stereocenters. The highest BCUT2D eigenvalue weighted by Gasteiger charge is 2.32. The standard InChI is InChI=1S/C10H17N3O3/c1-10(5-11,6-14)7-4-13(2)12-8(7)9(15)16-3/h4,14H,5-6,11H2,1-3H3. The molecule has 0 radical (unpaired) electrons. The number of esters is 1. The van der Waals surface area contributed by atoms with E-state index in [1.54, 1.807) is 20.2 Å². The Morgan fingerprint density at radius 3 is 2.81 bits per heavy atom. The molecule has 1 heterocycles. The molecule has 1 aromatic rings. The van der Waals surface area contributed by atoms with Gasteiger partial charge in [-0.1, -0.05) is 6.92 Å². The topological polar surface area (TPSA) is 90.4 Å². The molecular weight excluding hydrogens is 210 g/mol. The van der Waals surface area contributed by atoms with Crippen molar-refractivity contribution in [2.24, 2.45) is 12.8 Å². The lowest BCUT2D eigenvalue weighted by Gasteiger charge is -2.24. The van der Waals surface area contributed by atoms with Gasteiger partial charge >= 0.3 is 5.97 Å². The maximum absolute atomic E-state index is 11.5. The number of hydrogen-bond donors (Lipinski definition) is 2. The molecule has 0 aliphatic rings. The van der Waals surface area contributed by atoms with Crippen LogP contribution in [-0.4, -0.2) is 41.1 Å². The molecule has 0 aliphatic carbocycles. The molecule has 1 atom stereocenters. The number of nitrogens with zero attached hydrogens (tertiary/aromatic N) is 2. The molecule has 1 rings (SSSR count). The molecule has 16 heavy (non-hydrogen) atoms. The van der Waals surface area contributed by atoms with Gasteiger partial charge in [0, 0.05) is 30.8 Å². The fourth-order valence-electron chi connectivity index (χ4n) is 1.44. The summed E-state index contributed by atoms with van der Waals surface area (Å²) in [5, 5.41) is 13.4.